The number of rotatable bonds is 2. The van der Waals surface area contributed by atoms with Crippen LogP contribution in [0.25, 0.3) is 33.4 Å². The van der Waals surface area contributed by atoms with Gasteiger partial charge in [0.2, 0.25) is 0 Å². The Morgan fingerprint density at radius 2 is 1.81 bits per heavy atom. The number of nitrogens with one attached hydrogen (secondary N) is 1. The number of aliphatic hydroxyl groups excluding tert-OH is 1. The first kappa shape index (κ1) is 15.6. The lowest BCUT2D eigenvalue weighted by Gasteiger charge is -2.07. The molecule has 1 aliphatic carbocycles. The van der Waals surface area contributed by atoms with E-state index in [1.807, 2.05) is 30.5 Å². The minimum atomic E-state index is -0.350. The molecule has 1 unspecified atom stereocenters. The van der Waals surface area contributed by atoms with Crippen molar-refractivity contribution in [3.63, 3.8) is 0 Å². The van der Waals surface area contributed by atoms with E-state index in [1.54, 1.807) is 0 Å². The molecule has 0 saturated heterocycles. The average molecular weight is 361 g/mol. The van der Waals surface area contributed by atoms with Crippen LogP contribution in [0.3, 0.4) is 0 Å². The summed E-state index contributed by atoms with van der Waals surface area (Å²) in [4.78, 5) is 8.03. The molecule has 2 heterocycles. The van der Waals surface area contributed by atoms with Gasteiger partial charge in [-0.2, -0.15) is 0 Å². The van der Waals surface area contributed by atoms with E-state index in [0.29, 0.717) is 0 Å². The first-order chi connectivity index (χ1) is 12.7. The van der Waals surface area contributed by atoms with Gasteiger partial charge in [-0.15, -0.1) is 0 Å². The summed E-state index contributed by atoms with van der Waals surface area (Å²) in [6.45, 7) is 0. The molecule has 0 spiro atoms. The van der Waals surface area contributed by atoms with Crippen molar-refractivity contribution >= 4 is 22.5 Å². The van der Waals surface area contributed by atoms with Gasteiger partial charge in [-0.25, -0.2) is 0 Å². The fraction of sp³-hybridized carbons (Fsp3) is 0.136. The van der Waals surface area contributed by atoms with Crippen molar-refractivity contribution in [1.82, 2.24) is 9.97 Å². The van der Waals surface area contributed by atoms with Crippen LogP contribution in [-0.4, -0.2) is 15.1 Å². The van der Waals surface area contributed by atoms with Crippen molar-refractivity contribution in [1.29, 1.82) is 0 Å². The van der Waals surface area contributed by atoms with Gasteiger partial charge >= 0.3 is 0 Å². The lowest BCUT2D eigenvalue weighted by atomic mass is 10.0. The third-order valence-corrected chi connectivity index (χ3v) is 5.40. The van der Waals surface area contributed by atoms with Crippen LogP contribution in [0.1, 0.15) is 23.7 Å². The van der Waals surface area contributed by atoms with E-state index in [0.717, 1.165) is 56.8 Å². The molecule has 0 amide bonds. The number of halogens is 1. The summed E-state index contributed by atoms with van der Waals surface area (Å²) < 4.78 is 0. The molecule has 128 valence electrons. The van der Waals surface area contributed by atoms with E-state index in [-0.39, 0.29) is 6.10 Å². The SMILES string of the molecule is OC1CCc2ccc(-c3cc4cc(-c5ccc(Cl)cc5)[nH]c4cn3)cc21. The van der Waals surface area contributed by atoms with Gasteiger partial charge in [0.15, 0.2) is 0 Å². The number of hydrogen-bond acceptors (Lipinski definition) is 2. The monoisotopic (exact) mass is 360 g/mol. The number of hydrogen-bond donors (Lipinski definition) is 2. The Labute approximate surface area is 156 Å². The first-order valence-corrected chi connectivity index (χ1v) is 9.11. The summed E-state index contributed by atoms with van der Waals surface area (Å²) in [6.07, 6.45) is 3.28. The molecule has 1 aliphatic rings. The molecule has 0 fully saturated rings. The zero-order valence-electron chi connectivity index (χ0n) is 14.0. The van der Waals surface area contributed by atoms with Crippen LogP contribution in [0.5, 0.6) is 0 Å². The number of nitrogens with zero attached hydrogens (tertiary/aromatic N) is 1. The molecule has 2 aromatic heterocycles. The summed E-state index contributed by atoms with van der Waals surface area (Å²) in [7, 11) is 0. The number of aromatic amines is 1. The molecule has 0 aliphatic heterocycles. The molecule has 0 bridgehead atoms. The smallest absolute Gasteiger partial charge is 0.0796 e. The molecule has 1 atom stereocenters. The third kappa shape index (κ3) is 2.61. The summed E-state index contributed by atoms with van der Waals surface area (Å²) in [5.41, 5.74) is 7.38. The predicted molar refractivity (Wildman–Crippen MR) is 105 cm³/mol. The number of aryl methyl sites for hydroxylation is 1. The van der Waals surface area contributed by atoms with E-state index in [9.17, 15) is 5.11 Å². The number of aromatic nitrogens is 2. The van der Waals surface area contributed by atoms with Gasteiger partial charge < -0.3 is 10.1 Å². The van der Waals surface area contributed by atoms with Crippen molar-refractivity contribution < 1.29 is 5.11 Å². The van der Waals surface area contributed by atoms with Crippen molar-refractivity contribution in [2.75, 3.05) is 0 Å². The van der Waals surface area contributed by atoms with Crippen molar-refractivity contribution in [3.8, 4) is 22.5 Å². The van der Waals surface area contributed by atoms with E-state index < -0.39 is 0 Å². The Balaban J connectivity index is 1.56. The highest BCUT2D eigenvalue weighted by Crippen LogP contribution is 2.34. The quantitative estimate of drug-likeness (QED) is 0.493. The maximum Gasteiger partial charge on any atom is 0.0796 e. The second-order valence-electron chi connectivity index (χ2n) is 6.81. The van der Waals surface area contributed by atoms with Crippen LogP contribution in [0.4, 0.5) is 0 Å². The molecule has 3 nitrogen and oxygen atoms in total. The van der Waals surface area contributed by atoms with Crippen molar-refractivity contribution in [3.05, 3.63) is 76.9 Å². The average Bonchev–Trinajstić information content (AvgIpc) is 3.25. The van der Waals surface area contributed by atoms with Crippen LogP contribution in [0.2, 0.25) is 5.02 Å². The second-order valence-corrected chi connectivity index (χ2v) is 7.25. The largest absolute Gasteiger partial charge is 0.388 e. The molecule has 2 N–H and O–H groups in total. The molecular formula is C22H17ClN2O. The summed E-state index contributed by atoms with van der Waals surface area (Å²) >= 11 is 5.98. The van der Waals surface area contributed by atoms with Gasteiger partial charge in [0, 0.05) is 21.7 Å². The van der Waals surface area contributed by atoms with Gasteiger partial charge in [0.05, 0.1) is 23.5 Å². The lowest BCUT2D eigenvalue weighted by molar-refractivity contribution is 0.180. The first-order valence-electron chi connectivity index (χ1n) is 8.73. The Morgan fingerprint density at radius 3 is 2.65 bits per heavy atom. The van der Waals surface area contributed by atoms with Crippen LogP contribution in [-0.2, 0) is 6.42 Å². The number of fused-ring (bicyclic) bond motifs is 2. The number of aliphatic hydroxyl groups is 1. The predicted octanol–water partition coefficient (Wildman–Crippen LogP) is 5.53. The summed E-state index contributed by atoms with van der Waals surface area (Å²) in [5.74, 6) is 0. The molecule has 0 saturated carbocycles. The fourth-order valence-electron chi connectivity index (χ4n) is 3.71. The Kier molecular flexibility index (Phi) is 3.59. The van der Waals surface area contributed by atoms with Gasteiger partial charge in [-0.05, 0) is 59.9 Å². The van der Waals surface area contributed by atoms with Crippen LogP contribution >= 0.6 is 11.6 Å². The lowest BCUT2D eigenvalue weighted by Crippen LogP contribution is -1.92. The second kappa shape index (κ2) is 5.97. The van der Waals surface area contributed by atoms with Crippen LogP contribution in [0.15, 0.2) is 60.8 Å². The van der Waals surface area contributed by atoms with Crippen molar-refractivity contribution in [2.24, 2.45) is 0 Å². The van der Waals surface area contributed by atoms with E-state index in [1.165, 1.54) is 5.56 Å². The Morgan fingerprint density at radius 1 is 1.00 bits per heavy atom. The molecule has 5 rings (SSSR count). The highest BCUT2D eigenvalue weighted by molar-refractivity contribution is 6.30. The van der Waals surface area contributed by atoms with Gasteiger partial charge in [0.25, 0.3) is 0 Å². The fourth-order valence-corrected chi connectivity index (χ4v) is 3.84. The summed E-state index contributed by atoms with van der Waals surface area (Å²) in [5, 5.41) is 12.0. The molecule has 4 aromatic rings. The standard InChI is InChI=1S/C22H17ClN2O/c23-17-6-3-14(4-7-17)20-11-16-10-19(24-12-21(16)25-20)15-2-1-13-5-8-22(26)18(13)9-15/h1-4,6-7,9-12,22,25-26H,5,8H2. The normalized spacial score (nSPS) is 16.2. The Hall–Kier alpha value is -2.62. The maximum atomic E-state index is 10.1. The van der Waals surface area contributed by atoms with E-state index in [4.69, 9.17) is 11.6 Å². The number of H-pyrrole nitrogens is 1. The highest BCUT2D eigenvalue weighted by Gasteiger charge is 2.20. The number of pyridine rings is 1. The number of benzene rings is 2. The zero-order chi connectivity index (χ0) is 17.7. The van der Waals surface area contributed by atoms with E-state index >= 15 is 0 Å². The van der Waals surface area contributed by atoms with Crippen molar-refractivity contribution in [2.45, 2.75) is 18.9 Å². The highest BCUT2D eigenvalue weighted by atomic mass is 35.5. The van der Waals surface area contributed by atoms with E-state index in [2.05, 4.69) is 40.3 Å². The van der Waals surface area contributed by atoms with Gasteiger partial charge in [-0.1, -0.05) is 35.9 Å². The molecule has 0 radical (unpaired) electrons. The molecule has 4 heteroatoms. The zero-order valence-corrected chi connectivity index (χ0v) is 14.8. The maximum absolute atomic E-state index is 10.1. The minimum Gasteiger partial charge on any atom is -0.388 e. The van der Waals surface area contributed by atoms with Crippen LogP contribution < -0.4 is 0 Å². The molecule has 2 aromatic carbocycles. The van der Waals surface area contributed by atoms with Crippen LogP contribution in [0, 0.1) is 0 Å². The molecule has 26 heavy (non-hydrogen) atoms. The molecular weight excluding hydrogens is 344 g/mol. The van der Waals surface area contributed by atoms with Gasteiger partial charge in [0.1, 0.15) is 0 Å². The topological polar surface area (TPSA) is 48.9 Å². The third-order valence-electron chi connectivity index (χ3n) is 5.15. The minimum absolute atomic E-state index is 0.350. The Bertz CT molecular complexity index is 1110. The summed E-state index contributed by atoms with van der Waals surface area (Å²) in [6, 6.07) is 18.3. The van der Waals surface area contributed by atoms with Gasteiger partial charge in [-0.3, -0.25) is 4.98 Å².